The number of nitrogens with one attached hydrogen (secondary N) is 1. The van der Waals surface area contributed by atoms with Gasteiger partial charge in [-0.15, -0.1) is 0 Å². The van der Waals surface area contributed by atoms with Crippen LogP contribution in [0.25, 0.3) is 6.08 Å². The maximum Gasteiger partial charge on any atom is 0.341 e. The van der Waals surface area contributed by atoms with Crippen LogP contribution in [0.3, 0.4) is 0 Å². The number of ether oxygens (including phenoxy) is 1. The monoisotopic (exact) mass is 325 g/mol. The highest BCUT2D eigenvalue weighted by atomic mass is 16.5. The van der Waals surface area contributed by atoms with Gasteiger partial charge in [-0.2, -0.15) is 0 Å². The second-order valence-electron chi connectivity index (χ2n) is 5.10. The van der Waals surface area contributed by atoms with Gasteiger partial charge in [-0.3, -0.25) is 4.79 Å². The first-order chi connectivity index (χ1) is 11.6. The lowest BCUT2D eigenvalue weighted by Gasteiger charge is -2.08. The molecular weight excluding hydrogens is 306 g/mol. The van der Waals surface area contributed by atoms with Crippen LogP contribution in [-0.2, 0) is 9.53 Å². The molecule has 2 aromatic carbocycles. The summed E-state index contributed by atoms with van der Waals surface area (Å²) in [5, 5.41) is 12.4. The molecule has 0 aliphatic heterocycles. The second kappa shape index (κ2) is 8.53. The van der Waals surface area contributed by atoms with E-state index in [1.165, 1.54) is 24.3 Å². The van der Waals surface area contributed by atoms with Crippen molar-refractivity contribution in [3.05, 3.63) is 65.7 Å². The molecule has 2 rings (SSSR count). The number of hydrogen-bond acceptors (Lipinski definition) is 4. The Balaban J connectivity index is 2.05. The molecule has 2 aromatic rings. The van der Waals surface area contributed by atoms with Crippen LogP contribution in [0.15, 0.2) is 54.6 Å². The fourth-order valence-corrected chi connectivity index (χ4v) is 1.97. The maximum atomic E-state index is 11.9. The molecule has 5 nitrogen and oxygen atoms in total. The minimum absolute atomic E-state index is 0.0216. The molecule has 0 aromatic heterocycles. The zero-order valence-electron chi connectivity index (χ0n) is 13.4. The van der Waals surface area contributed by atoms with E-state index < -0.39 is 5.97 Å². The van der Waals surface area contributed by atoms with Crippen molar-refractivity contribution in [1.82, 2.24) is 0 Å². The summed E-state index contributed by atoms with van der Waals surface area (Å²) in [6.45, 7) is 2.15. The molecule has 0 saturated carbocycles. The van der Waals surface area contributed by atoms with Crippen molar-refractivity contribution in [2.75, 3.05) is 11.9 Å². The van der Waals surface area contributed by atoms with Gasteiger partial charge in [-0.25, -0.2) is 4.79 Å². The molecule has 0 atom stereocenters. The number of rotatable bonds is 6. The predicted octanol–water partition coefficient (Wildman–Crippen LogP) is 3.61. The summed E-state index contributed by atoms with van der Waals surface area (Å²) >= 11 is 0. The zero-order valence-corrected chi connectivity index (χ0v) is 13.4. The number of benzene rings is 2. The van der Waals surface area contributed by atoms with Crippen molar-refractivity contribution in [3.8, 4) is 5.75 Å². The summed E-state index contributed by atoms with van der Waals surface area (Å²) in [7, 11) is 0. The Morgan fingerprint density at radius 2 is 1.92 bits per heavy atom. The number of amides is 1. The number of carbonyl (C=O) groups excluding carboxylic acids is 2. The number of phenolic OH excluding ortho intramolecular Hbond substituents is 1. The molecule has 0 aliphatic carbocycles. The van der Waals surface area contributed by atoms with Crippen molar-refractivity contribution in [3.63, 3.8) is 0 Å². The Hall–Kier alpha value is -3.08. The van der Waals surface area contributed by atoms with Gasteiger partial charge in [0.15, 0.2) is 0 Å². The molecule has 24 heavy (non-hydrogen) atoms. The number of anilines is 1. The van der Waals surface area contributed by atoms with Crippen LogP contribution in [0, 0.1) is 0 Å². The van der Waals surface area contributed by atoms with E-state index in [1.807, 2.05) is 37.3 Å². The Morgan fingerprint density at radius 1 is 1.17 bits per heavy atom. The summed E-state index contributed by atoms with van der Waals surface area (Å²) in [6, 6.07) is 13.7. The van der Waals surface area contributed by atoms with Gasteiger partial charge in [0, 0.05) is 11.8 Å². The third-order valence-corrected chi connectivity index (χ3v) is 3.15. The summed E-state index contributed by atoms with van der Waals surface area (Å²) in [5.41, 5.74) is 1.33. The number of aromatic hydroxyl groups is 1. The van der Waals surface area contributed by atoms with Gasteiger partial charge in [0.2, 0.25) is 5.91 Å². The van der Waals surface area contributed by atoms with Crippen molar-refractivity contribution in [2.45, 2.75) is 13.3 Å². The van der Waals surface area contributed by atoms with Crippen LogP contribution in [0.5, 0.6) is 5.75 Å². The van der Waals surface area contributed by atoms with Gasteiger partial charge in [0.05, 0.1) is 6.61 Å². The minimum atomic E-state index is -0.620. The average Bonchev–Trinajstić information content (AvgIpc) is 2.60. The Kier molecular flexibility index (Phi) is 6.14. The van der Waals surface area contributed by atoms with Gasteiger partial charge in [-0.1, -0.05) is 37.3 Å². The van der Waals surface area contributed by atoms with Crippen LogP contribution in [-0.4, -0.2) is 23.6 Å². The van der Waals surface area contributed by atoms with Gasteiger partial charge < -0.3 is 15.2 Å². The van der Waals surface area contributed by atoms with E-state index in [9.17, 15) is 14.7 Å². The predicted molar refractivity (Wildman–Crippen MR) is 92.8 cm³/mol. The van der Waals surface area contributed by atoms with Gasteiger partial charge >= 0.3 is 5.97 Å². The highest BCUT2D eigenvalue weighted by Gasteiger charge is 2.13. The molecular formula is C19H19NO4. The molecule has 0 fully saturated rings. The van der Waals surface area contributed by atoms with E-state index in [2.05, 4.69) is 5.32 Å². The zero-order chi connectivity index (χ0) is 17.4. The van der Waals surface area contributed by atoms with Crippen LogP contribution in [0.2, 0.25) is 0 Å². The second-order valence-corrected chi connectivity index (χ2v) is 5.10. The fourth-order valence-electron chi connectivity index (χ4n) is 1.97. The van der Waals surface area contributed by atoms with Crippen molar-refractivity contribution in [2.24, 2.45) is 0 Å². The topological polar surface area (TPSA) is 75.6 Å². The van der Waals surface area contributed by atoms with Crippen LogP contribution < -0.4 is 5.32 Å². The quantitative estimate of drug-likeness (QED) is 0.483. The van der Waals surface area contributed by atoms with Gasteiger partial charge in [0.1, 0.15) is 11.3 Å². The minimum Gasteiger partial charge on any atom is -0.507 e. The SMILES string of the molecule is CCCOC(=O)c1cc(NC(=O)C=Cc2ccccc2)ccc1O. The summed E-state index contributed by atoms with van der Waals surface area (Å²) < 4.78 is 5.00. The van der Waals surface area contributed by atoms with Gasteiger partial charge in [0.25, 0.3) is 0 Å². The first-order valence-corrected chi connectivity index (χ1v) is 7.64. The summed E-state index contributed by atoms with van der Waals surface area (Å²) in [5.74, 6) is -1.14. The molecule has 0 aliphatic rings. The van der Waals surface area contributed by atoms with Crippen molar-refractivity contribution >= 4 is 23.6 Å². The smallest absolute Gasteiger partial charge is 0.341 e. The Morgan fingerprint density at radius 3 is 2.62 bits per heavy atom. The standard InChI is InChI=1S/C19H19NO4/c1-2-12-24-19(23)16-13-15(9-10-17(16)21)20-18(22)11-8-14-6-4-3-5-7-14/h3-11,13,21H,2,12H2,1H3,(H,20,22). The highest BCUT2D eigenvalue weighted by Crippen LogP contribution is 2.22. The first kappa shape index (κ1) is 17.3. The van der Waals surface area contributed by atoms with Crippen molar-refractivity contribution < 1.29 is 19.4 Å². The van der Waals surface area contributed by atoms with E-state index in [0.717, 1.165) is 5.56 Å². The third-order valence-electron chi connectivity index (χ3n) is 3.15. The maximum absolute atomic E-state index is 11.9. The molecule has 1 amide bonds. The number of hydrogen-bond donors (Lipinski definition) is 2. The fraction of sp³-hybridized carbons (Fsp3) is 0.158. The van der Waals surface area contributed by atoms with E-state index in [0.29, 0.717) is 12.1 Å². The molecule has 0 heterocycles. The molecule has 0 bridgehead atoms. The Bertz CT molecular complexity index is 738. The van der Waals surface area contributed by atoms with Crippen LogP contribution in [0.1, 0.15) is 29.3 Å². The van der Waals surface area contributed by atoms with Crippen LogP contribution >= 0.6 is 0 Å². The molecule has 2 N–H and O–H groups in total. The lowest BCUT2D eigenvalue weighted by molar-refractivity contribution is -0.111. The average molecular weight is 325 g/mol. The van der Waals surface area contributed by atoms with E-state index in [1.54, 1.807) is 6.08 Å². The highest BCUT2D eigenvalue weighted by molar-refractivity contribution is 6.03. The molecule has 0 unspecified atom stereocenters. The van der Waals surface area contributed by atoms with Crippen LogP contribution in [0.4, 0.5) is 5.69 Å². The molecule has 124 valence electrons. The lowest BCUT2D eigenvalue weighted by Crippen LogP contribution is -2.10. The first-order valence-electron chi connectivity index (χ1n) is 7.64. The Labute approximate surface area is 140 Å². The van der Waals surface area contributed by atoms with Gasteiger partial charge in [-0.05, 0) is 36.3 Å². The number of phenols is 1. The normalized spacial score (nSPS) is 10.5. The molecule has 5 heteroatoms. The molecule has 0 radical (unpaired) electrons. The third kappa shape index (κ3) is 4.98. The molecule has 0 saturated heterocycles. The number of carbonyl (C=O) groups is 2. The summed E-state index contributed by atoms with van der Waals surface area (Å²) in [6.07, 6.45) is 3.77. The largest absolute Gasteiger partial charge is 0.507 e. The van der Waals surface area contributed by atoms with E-state index in [-0.39, 0.29) is 23.8 Å². The van der Waals surface area contributed by atoms with E-state index in [4.69, 9.17) is 4.74 Å². The van der Waals surface area contributed by atoms with Crippen molar-refractivity contribution in [1.29, 1.82) is 0 Å². The van der Waals surface area contributed by atoms with E-state index >= 15 is 0 Å². The summed E-state index contributed by atoms with van der Waals surface area (Å²) in [4.78, 5) is 23.8. The number of esters is 1. The molecule has 0 spiro atoms. The lowest BCUT2D eigenvalue weighted by atomic mass is 10.1.